The molecular formula is C10H13NO3S. The van der Waals surface area contributed by atoms with Crippen LogP contribution in [0.2, 0.25) is 0 Å². The van der Waals surface area contributed by atoms with E-state index in [9.17, 15) is 9.00 Å². The Morgan fingerprint density at radius 3 is 2.73 bits per heavy atom. The molecule has 15 heavy (non-hydrogen) atoms. The number of nitrogens with zero attached hydrogens (tertiary/aromatic N) is 1. The molecule has 0 spiro atoms. The number of carboxylic acid groups (broad SMARTS) is 1. The van der Waals surface area contributed by atoms with Crippen LogP contribution >= 0.6 is 0 Å². The summed E-state index contributed by atoms with van der Waals surface area (Å²) in [6.45, 7) is 2.92. The van der Waals surface area contributed by atoms with E-state index in [2.05, 4.69) is 4.98 Å². The van der Waals surface area contributed by atoms with Gasteiger partial charge in [0.15, 0.2) is 0 Å². The van der Waals surface area contributed by atoms with Crippen LogP contribution in [-0.4, -0.2) is 25.0 Å². The highest BCUT2D eigenvalue weighted by Crippen LogP contribution is 2.17. The summed E-state index contributed by atoms with van der Waals surface area (Å²) in [6.07, 6.45) is 3.21. The van der Waals surface area contributed by atoms with Crippen LogP contribution < -0.4 is 0 Å². The Balaban J connectivity index is 2.77. The van der Waals surface area contributed by atoms with Gasteiger partial charge in [0.05, 0.1) is 5.75 Å². The van der Waals surface area contributed by atoms with Crippen molar-refractivity contribution in [3.05, 3.63) is 30.1 Å². The molecule has 0 aromatic carbocycles. The number of pyridine rings is 1. The monoisotopic (exact) mass is 227 g/mol. The largest absolute Gasteiger partial charge is 0.480 e. The lowest BCUT2D eigenvalue weighted by Crippen LogP contribution is -2.37. The maximum absolute atomic E-state index is 11.8. The maximum Gasteiger partial charge on any atom is 0.321 e. The van der Waals surface area contributed by atoms with Crippen molar-refractivity contribution < 1.29 is 14.1 Å². The minimum Gasteiger partial charge on any atom is -0.480 e. The summed E-state index contributed by atoms with van der Waals surface area (Å²) in [6, 6.07) is 3.52. The third-order valence-corrected chi connectivity index (χ3v) is 4.01. The van der Waals surface area contributed by atoms with Gasteiger partial charge in [-0.2, -0.15) is 0 Å². The molecule has 0 amide bonds. The van der Waals surface area contributed by atoms with Gasteiger partial charge in [-0.05, 0) is 25.5 Å². The molecular weight excluding hydrogens is 214 g/mol. The van der Waals surface area contributed by atoms with Crippen LogP contribution in [0.15, 0.2) is 24.5 Å². The second kappa shape index (κ2) is 4.53. The van der Waals surface area contributed by atoms with Gasteiger partial charge in [0.25, 0.3) is 0 Å². The van der Waals surface area contributed by atoms with E-state index in [0.29, 0.717) is 0 Å². The fraction of sp³-hybridized carbons (Fsp3) is 0.400. The summed E-state index contributed by atoms with van der Waals surface area (Å²) in [5, 5.41) is 8.88. The number of hydrogen-bond acceptors (Lipinski definition) is 3. The Bertz CT molecular complexity index is 376. The van der Waals surface area contributed by atoms with Crippen LogP contribution in [0.4, 0.5) is 0 Å². The molecule has 0 fully saturated rings. The smallest absolute Gasteiger partial charge is 0.321 e. The predicted octanol–water partition coefficient (Wildman–Crippen LogP) is 1.19. The second-order valence-corrected chi connectivity index (χ2v) is 5.67. The SMILES string of the molecule is CC(C)(C(=O)O)S(=O)Cc1cccnc1. The van der Waals surface area contributed by atoms with Gasteiger partial charge in [0.1, 0.15) is 4.75 Å². The van der Waals surface area contributed by atoms with Gasteiger partial charge in [-0.1, -0.05) is 6.07 Å². The minimum absolute atomic E-state index is 0.215. The van der Waals surface area contributed by atoms with E-state index in [1.54, 1.807) is 24.5 Å². The molecule has 0 aliphatic carbocycles. The summed E-state index contributed by atoms with van der Waals surface area (Å²) >= 11 is 0. The molecule has 0 bridgehead atoms. The van der Waals surface area contributed by atoms with E-state index in [1.807, 2.05) is 0 Å². The van der Waals surface area contributed by atoms with Crippen molar-refractivity contribution in [3.63, 3.8) is 0 Å². The molecule has 5 heteroatoms. The zero-order valence-corrected chi connectivity index (χ0v) is 9.45. The van der Waals surface area contributed by atoms with Crippen molar-refractivity contribution in [1.82, 2.24) is 4.98 Å². The lowest BCUT2D eigenvalue weighted by atomic mass is 10.2. The molecule has 1 N–H and O–H groups in total. The fourth-order valence-electron chi connectivity index (χ4n) is 0.913. The van der Waals surface area contributed by atoms with Crippen LogP contribution in [0, 0.1) is 0 Å². The van der Waals surface area contributed by atoms with Crippen LogP contribution in [0.1, 0.15) is 19.4 Å². The van der Waals surface area contributed by atoms with Crippen molar-refractivity contribution in [2.24, 2.45) is 0 Å². The van der Waals surface area contributed by atoms with E-state index in [-0.39, 0.29) is 5.75 Å². The molecule has 1 rings (SSSR count). The highest BCUT2D eigenvalue weighted by molar-refractivity contribution is 7.86. The average molecular weight is 227 g/mol. The van der Waals surface area contributed by atoms with Gasteiger partial charge in [0, 0.05) is 23.2 Å². The highest BCUT2D eigenvalue weighted by Gasteiger charge is 2.34. The number of carbonyl (C=O) groups is 1. The van der Waals surface area contributed by atoms with E-state index < -0.39 is 21.5 Å². The second-order valence-electron chi connectivity index (χ2n) is 3.67. The molecule has 0 radical (unpaired) electrons. The topological polar surface area (TPSA) is 67.3 Å². The summed E-state index contributed by atoms with van der Waals surface area (Å²) in [7, 11) is -1.45. The Morgan fingerprint density at radius 2 is 2.27 bits per heavy atom. The van der Waals surface area contributed by atoms with E-state index in [4.69, 9.17) is 5.11 Å². The quantitative estimate of drug-likeness (QED) is 0.839. The van der Waals surface area contributed by atoms with Crippen LogP contribution in [0.3, 0.4) is 0 Å². The lowest BCUT2D eigenvalue weighted by Gasteiger charge is -2.18. The molecule has 0 aliphatic rings. The fourth-order valence-corrected chi connectivity index (χ4v) is 1.94. The molecule has 1 atom stereocenters. The highest BCUT2D eigenvalue weighted by atomic mass is 32.2. The molecule has 1 aromatic heterocycles. The molecule has 82 valence electrons. The first-order valence-corrected chi connectivity index (χ1v) is 5.77. The first-order chi connectivity index (χ1) is 6.94. The van der Waals surface area contributed by atoms with E-state index >= 15 is 0 Å². The Morgan fingerprint density at radius 1 is 1.60 bits per heavy atom. The van der Waals surface area contributed by atoms with Gasteiger partial charge in [-0.25, -0.2) is 0 Å². The van der Waals surface area contributed by atoms with Crippen LogP contribution in [0.5, 0.6) is 0 Å². The van der Waals surface area contributed by atoms with Crippen LogP contribution in [0.25, 0.3) is 0 Å². The molecule has 1 unspecified atom stereocenters. The number of aromatic nitrogens is 1. The minimum atomic E-state index is -1.45. The number of carboxylic acids is 1. The van der Waals surface area contributed by atoms with Crippen molar-refractivity contribution in [2.45, 2.75) is 24.3 Å². The number of rotatable bonds is 4. The summed E-state index contributed by atoms with van der Waals surface area (Å²) in [5.41, 5.74) is 0.783. The molecule has 0 aliphatic heterocycles. The molecule has 1 aromatic rings. The standard InChI is InChI=1S/C10H13NO3S/c1-10(2,9(12)13)15(14)7-8-4-3-5-11-6-8/h3-6H,7H2,1-2H3,(H,12,13). The van der Waals surface area contributed by atoms with E-state index in [0.717, 1.165) is 5.56 Å². The van der Waals surface area contributed by atoms with E-state index in [1.165, 1.54) is 13.8 Å². The first kappa shape index (κ1) is 11.8. The molecule has 1 heterocycles. The lowest BCUT2D eigenvalue weighted by molar-refractivity contribution is -0.139. The number of hydrogen-bond donors (Lipinski definition) is 1. The van der Waals surface area contributed by atoms with Gasteiger partial charge >= 0.3 is 5.97 Å². The zero-order valence-electron chi connectivity index (χ0n) is 8.64. The number of aliphatic carboxylic acids is 1. The predicted molar refractivity (Wildman–Crippen MR) is 57.8 cm³/mol. The van der Waals surface area contributed by atoms with Crippen molar-refractivity contribution in [3.8, 4) is 0 Å². The Labute approximate surface area is 90.8 Å². The first-order valence-electron chi connectivity index (χ1n) is 4.45. The Kier molecular flexibility index (Phi) is 3.57. The summed E-state index contributed by atoms with van der Waals surface area (Å²) in [4.78, 5) is 14.7. The van der Waals surface area contributed by atoms with Gasteiger partial charge < -0.3 is 5.11 Å². The Hall–Kier alpha value is -1.23. The zero-order chi connectivity index (χ0) is 11.5. The van der Waals surface area contributed by atoms with Crippen LogP contribution in [-0.2, 0) is 21.3 Å². The summed E-state index contributed by atoms with van der Waals surface area (Å²) < 4.78 is 10.6. The molecule has 0 saturated heterocycles. The van der Waals surface area contributed by atoms with Gasteiger partial charge in [-0.3, -0.25) is 14.0 Å². The van der Waals surface area contributed by atoms with Gasteiger partial charge in [-0.15, -0.1) is 0 Å². The third kappa shape index (κ3) is 2.86. The van der Waals surface area contributed by atoms with Crippen molar-refractivity contribution in [1.29, 1.82) is 0 Å². The summed E-state index contributed by atoms with van der Waals surface area (Å²) in [5.74, 6) is -0.836. The average Bonchev–Trinajstić information content (AvgIpc) is 2.18. The van der Waals surface area contributed by atoms with Crippen molar-refractivity contribution >= 4 is 16.8 Å². The maximum atomic E-state index is 11.8. The third-order valence-electron chi connectivity index (χ3n) is 2.10. The normalized spacial score (nSPS) is 13.5. The molecule has 4 nitrogen and oxygen atoms in total. The van der Waals surface area contributed by atoms with Crippen molar-refractivity contribution in [2.75, 3.05) is 0 Å². The van der Waals surface area contributed by atoms with Gasteiger partial charge in [0.2, 0.25) is 0 Å². The molecule has 0 saturated carbocycles.